The highest BCUT2D eigenvalue weighted by Crippen LogP contribution is 2.28. The van der Waals surface area contributed by atoms with Crippen molar-refractivity contribution in [2.24, 2.45) is 11.8 Å². The maximum absolute atomic E-state index is 12.6. The Hall–Kier alpha value is -0.670. The molecule has 3 heterocycles. The molecule has 9 heteroatoms. The molecule has 0 unspecified atom stereocenters. The van der Waals surface area contributed by atoms with Crippen LogP contribution in [0.3, 0.4) is 0 Å². The summed E-state index contributed by atoms with van der Waals surface area (Å²) in [5.41, 5.74) is 0. The second kappa shape index (κ2) is 8.14. The van der Waals surface area contributed by atoms with Gasteiger partial charge >= 0.3 is 0 Å². The minimum atomic E-state index is -3.51. The zero-order chi connectivity index (χ0) is 18.9. The van der Waals surface area contributed by atoms with E-state index in [0.29, 0.717) is 48.9 Å². The van der Waals surface area contributed by atoms with Gasteiger partial charge in [-0.25, -0.2) is 8.42 Å². The van der Waals surface area contributed by atoms with Gasteiger partial charge in [-0.3, -0.25) is 9.69 Å². The first kappa shape index (κ1) is 20.1. The lowest BCUT2D eigenvalue weighted by Gasteiger charge is -2.38. The second-order valence-electron chi connectivity index (χ2n) is 7.48. The summed E-state index contributed by atoms with van der Waals surface area (Å²) < 4.78 is 27.4. The molecule has 0 spiro atoms. The summed E-state index contributed by atoms with van der Waals surface area (Å²) in [6.45, 7) is 8.36. The van der Waals surface area contributed by atoms with Gasteiger partial charge in [0.15, 0.2) is 0 Å². The SMILES string of the molecule is C[C@H]1C[C@H](C)CN(CC(=O)N2CCN(S(=O)(=O)c3ccc(Cl)s3)CC2)C1. The molecule has 3 rings (SSSR count). The Balaban J connectivity index is 1.54. The number of piperazine rings is 1. The van der Waals surface area contributed by atoms with Crippen molar-refractivity contribution in [2.75, 3.05) is 45.8 Å². The van der Waals surface area contributed by atoms with E-state index in [0.717, 1.165) is 24.4 Å². The van der Waals surface area contributed by atoms with Crippen LogP contribution in [0.2, 0.25) is 4.34 Å². The Morgan fingerprint density at radius 1 is 1.15 bits per heavy atom. The number of sulfonamides is 1. The number of hydrogen-bond donors (Lipinski definition) is 0. The number of rotatable bonds is 4. The molecule has 0 bridgehead atoms. The van der Waals surface area contributed by atoms with Gasteiger partial charge in [0.25, 0.3) is 10.0 Å². The van der Waals surface area contributed by atoms with Gasteiger partial charge in [0, 0.05) is 39.3 Å². The number of thiophene rings is 1. The molecule has 0 radical (unpaired) electrons. The van der Waals surface area contributed by atoms with Gasteiger partial charge in [-0.1, -0.05) is 25.4 Å². The lowest BCUT2D eigenvalue weighted by molar-refractivity contribution is -0.134. The van der Waals surface area contributed by atoms with Crippen molar-refractivity contribution in [2.45, 2.75) is 24.5 Å². The van der Waals surface area contributed by atoms with Crippen LogP contribution in [-0.4, -0.2) is 74.2 Å². The topological polar surface area (TPSA) is 60.9 Å². The molecule has 0 saturated carbocycles. The minimum Gasteiger partial charge on any atom is -0.339 e. The van der Waals surface area contributed by atoms with Gasteiger partial charge in [-0.2, -0.15) is 4.31 Å². The van der Waals surface area contributed by atoms with Crippen molar-refractivity contribution in [3.8, 4) is 0 Å². The molecular formula is C17H26ClN3O3S2. The van der Waals surface area contributed by atoms with E-state index >= 15 is 0 Å². The summed E-state index contributed by atoms with van der Waals surface area (Å²) in [4.78, 5) is 16.6. The Kier molecular flexibility index (Phi) is 6.29. The van der Waals surface area contributed by atoms with Crippen LogP contribution in [0.5, 0.6) is 0 Å². The van der Waals surface area contributed by atoms with E-state index < -0.39 is 10.0 Å². The Bertz CT molecular complexity index is 734. The third-order valence-electron chi connectivity index (χ3n) is 5.04. The quantitative estimate of drug-likeness (QED) is 0.750. The predicted octanol–water partition coefficient (Wildman–Crippen LogP) is 2.21. The third kappa shape index (κ3) is 4.59. The van der Waals surface area contributed by atoms with Crippen molar-refractivity contribution in [3.63, 3.8) is 0 Å². The van der Waals surface area contributed by atoms with Gasteiger partial charge < -0.3 is 4.90 Å². The van der Waals surface area contributed by atoms with Gasteiger partial charge in [-0.15, -0.1) is 11.3 Å². The molecule has 2 fully saturated rings. The largest absolute Gasteiger partial charge is 0.339 e. The molecular weight excluding hydrogens is 394 g/mol. The van der Waals surface area contributed by atoms with Crippen LogP contribution >= 0.6 is 22.9 Å². The van der Waals surface area contributed by atoms with E-state index in [2.05, 4.69) is 18.7 Å². The Morgan fingerprint density at radius 2 is 1.77 bits per heavy atom. The van der Waals surface area contributed by atoms with E-state index in [9.17, 15) is 13.2 Å². The van der Waals surface area contributed by atoms with Crippen molar-refractivity contribution in [1.82, 2.24) is 14.1 Å². The fourth-order valence-electron chi connectivity index (χ4n) is 3.95. The minimum absolute atomic E-state index is 0.0996. The second-order valence-corrected chi connectivity index (χ2v) is 11.4. The number of nitrogens with zero attached hydrogens (tertiary/aromatic N) is 3. The maximum Gasteiger partial charge on any atom is 0.252 e. The molecule has 6 nitrogen and oxygen atoms in total. The number of piperidine rings is 1. The zero-order valence-electron chi connectivity index (χ0n) is 15.2. The van der Waals surface area contributed by atoms with Crippen LogP contribution in [0.15, 0.2) is 16.3 Å². The van der Waals surface area contributed by atoms with E-state index in [4.69, 9.17) is 11.6 Å². The normalized spacial score (nSPS) is 26.2. The summed E-state index contributed by atoms with van der Waals surface area (Å²) >= 11 is 6.93. The van der Waals surface area contributed by atoms with Crippen LogP contribution < -0.4 is 0 Å². The molecule has 0 N–H and O–H groups in total. The number of halogens is 1. The van der Waals surface area contributed by atoms with Crippen LogP contribution in [0, 0.1) is 11.8 Å². The molecule has 2 aliphatic heterocycles. The van der Waals surface area contributed by atoms with Crippen LogP contribution in [0.4, 0.5) is 0 Å². The monoisotopic (exact) mass is 419 g/mol. The van der Waals surface area contributed by atoms with Gasteiger partial charge in [0.1, 0.15) is 4.21 Å². The molecule has 2 saturated heterocycles. The number of carbonyl (C=O) groups excluding carboxylic acids is 1. The average Bonchev–Trinajstić information content (AvgIpc) is 3.01. The number of likely N-dealkylation sites (tertiary alicyclic amines) is 1. The summed E-state index contributed by atoms with van der Waals surface area (Å²) in [6, 6.07) is 3.14. The molecule has 0 aliphatic carbocycles. The van der Waals surface area contributed by atoms with Gasteiger partial charge in [0.05, 0.1) is 10.9 Å². The molecule has 1 aromatic heterocycles. The first-order valence-electron chi connectivity index (χ1n) is 9.01. The van der Waals surface area contributed by atoms with Crippen LogP contribution in [0.1, 0.15) is 20.3 Å². The van der Waals surface area contributed by atoms with Crippen LogP contribution in [0.25, 0.3) is 0 Å². The van der Waals surface area contributed by atoms with Gasteiger partial charge in [0.2, 0.25) is 5.91 Å². The predicted molar refractivity (Wildman–Crippen MR) is 104 cm³/mol. The first-order chi connectivity index (χ1) is 12.3. The van der Waals surface area contributed by atoms with Crippen molar-refractivity contribution in [3.05, 3.63) is 16.5 Å². The van der Waals surface area contributed by atoms with E-state index in [-0.39, 0.29) is 10.1 Å². The number of amides is 1. The maximum atomic E-state index is 12.6. The first-order valence-corrected chi connectivity index (χ1v) is 11.6. The number of hydrogen-bond acceptors (Lipinski definition) is 5. The molecule has 2 aliphatic rings. The van der Waals surface area contributed by atoms with Crippen molar-refractivity contribution in [1.29, 1.82) is 0 Å². The van der Waals surface area contributed by atoms with Crippen LogP contribution in [-0.2, 0) is 14.8 Å². The Labute approximate surface area is 164 Å². The van der Waals surface area contributed by atoms with Crippen molar-refractivity contribution >= 4 is 38.9 Å². The molecule has 1 amide bonds. The average molecular weight is 420 g/mol. The molecule has 2 atom stereocenters. The number of carbonyl (C=O) groups is 1. The summed E-state index contributed by atoms with van der Waals surface area (Å²) in [6.07, 6.45) is 1.22. The van der Waals surface area contributed by atoms with Gasteiger partial charge in [-0.05, 0) is 30.4 Å². The summed E-state index contributed by atoms with van der Waals surface area (Å²) in [5.74, 6) is 1.33. The highest BCUT2D eigenvalue weighted by Gasteiger charge is 2.32. The van der Waals surface area contributed by atoms with Crippen molar-refractivity contribution < 1.29 is 13.2 Å². The fraction of sp³-hybridized carbons (Fsp3) is 0.706. The highest BCUT2D eigenvalue weighted by atomic mass is 35.5. The molecule has 1 aromatic rings. The Morgan fingerprint density at radius 3 is 2.31 bits per heavy atom. The lowest BCUT2D eigenvalue weighted by atomic mass is 9.92. The highest BCUT2D eigenvalue weighted by molar-refractivity contribution is 7.91. The smallest absolute Gasteiger partial charge is 0.252 e. The fourth-order valence-corrected chi connectivity index (χ4v) is 7.01. The summed E-state index contributed by atoms with van der Waals surface area (Å²) in [7, 11) is -3.51. The zero-order valence-corrected chi connectivity index (χ0v) is 17.6. The van der Waals surface area contributed by atoms with E-state index in [1.165, 1.54) is 10.7 Å². The standard InChI is InChI=1S/C17H26ClN3O3S2/c1-13-9-14(2)11-19(10-13)12-16(22)20-5-7-21(8-6-20)26(23,24)17-4-3-15(18)25-17/h3-4,13-14H,5-12H2,1-2H3/t13-,14-/m0/s1. The lowest BCUT2D eigenvalue weighted by Crippen LogP contribution is -2.53. The summed E-state index contributed by atoms with van der Waals surface area (Å²) in [5, 5.41) is 0. The molecule has 0 aromatic carbocycles. The van der Waals surface area contributed by atoms with E-state index in [1.54, 1.807) is 17.0 Å². The van der Waals surface area contributed by atoms with E-state index in [1.807, 2.05) is 0 Å². The third-order valence-corrected chi connectivity index (χ3v) is 8.63. The molecule has 146 valence electrons. The molecule has 26 heavy (non-hydrogen) atoms.